The van der Waals surface area contributed by atoms with E-state index < -0.39 is 23.2 Å². The number of hydrogen-bond acceptors (Lipinski definition) is 6. The van der Waals surface area contributed by atoms with Crippen molar-refractivity contribution in [1.29, 1.82) is 0 Å². The number of β-amino-alcohol motifs (C(OH)–C–C–N with tert-alkyl or cyclic N) is 1. The van der Waals surface area contributed by atoms with Gasteiger partial charge in [0.1, 0.15) is 36.1 Å². The number of aliphatic hydroxyl groups is 1. The summed E-state index contributed by atoms with van der Waals surface area (Å²) in [5.41, 5.74) is 0.499. The number of piperidine rings is 1. The summed E-state index contributed by atoms with van der Waals surface area (Å²) in [7, 11) is 7.93. The van der Waals surface area contributed by atoms with Gasteiger partial charge in [0, 0.05) is 35.7 Å². The molecule has 3 N–H and O–H groups in total. The molecule has 2 radical (unpaired) electrons. The minimum Gasteiger partial charge on any atom is -0.507 e. The molecule has 2 atom stereocenters. The van der Waals surface area contributed by atoms with E-state index in [4.69, 9.17) is 23.9 Å². The van der Waals surface area contributed by atoms with Gasteiger partial charge in [-0.2, -0.15) is 0 Å². The van der Waals surface area contributed by atoms with Crippen LogP contribution in [-0.4, -0.2) is 54.3 Å². The molecule has 0 aliphatic carbocycles. The van der Waals surface area contributed by atoms with Crippen LogP contribution in [-0.2, 0) is 0 Å². The Balaban J connectivity index is 2.02. The Morgan fingerprint density at radius 3 is 2.69 bits per heavy atom. The molecule has 2 aromatic carbocycles. The smallest absolute Gasteiger partial charge is 0.197 e. The quantitative estimate of drug-likeness (QED) is 0.559. The molecule has 1 aliphatic rings. The van der Waals surface area contributed by atoms with Crippen molar-refractivity contribution in [2.75, 3.05) is 20.1 Å². The largest absolute Gasteiger partial charge is 0.507 e. The molecule has 0 amide bonds. The van der Waals surface area contributed by atoms with Crippen LogP contribution in [0.1, 0.15) is 17.9 Å². The molecule has 29 heavy (non-hydrogen) atoms. The minimum absolute atomic E-state index is 0.0259. The summed E-state index contributed by atoms with van der Waals surface area (Å²) in [4.78, 5) is 14.8. The summed E-state index contributed by atoms with van der Waals surface area (Å²) in [5.74, 6) is -0.970. The van der Waals surface area contributed by atoms with E-state index in [9.17, 15) is 20.1 Å². The van der Waals surface area contributed by atoms with Gasteiger partial charge in [-0.05, 0) is 26.1 Å². The van der Waals surface area contributed by atoms with Crippen LogP contribution in [0.4, 0.5) is 0 Å². The lowest BCUT2D eigenvalue weighted by molar-refractivity contribution is 0.0630. The second kappa shape index (κ2) is 7.41. The van der Waals surface area contributed by atoms with Crippen LogP contribution in [0, 0.1) is 0 Å². The van der Waals surface area contributed by atoms with Crippen LogP contribution < -0.4 is 10.9 Å². The monoisotopic (exact) mass is 411 g/mol. The van der Waals surface area contributed by atoms with Crippen LogP contribution in [0.3, 0.4) is 0 Å². The van der Waals surface area contributed by atoms with Gasteiger partial charge in [-0.3, -0.25) is 4.79 Å². The van der Waals surface area contributed by atoms with Gasteiger partial charge in [0.25, 0.3) is 0 Å². The maximum Gasteiger partial charge on any atom is 0.197 e. The molecule has 0 spiro atoms. The second-order valence-electron chi connectivity index (χ2n) is 7.44. The standard InChI is InChI=1S/C21H19BClNO5/c1-24-6-5-10(16(28)9-24)18-13(25)7-14(26)20-15(27)8-17(29-21(18)20)19-11(22)3-2-4-12(19)23/h2-4,7-8,10,16,25-26,28H,5-6,9H2,1H3/t10-,16+/m0/s1. The summed E-state index contributed by atoms with van der Waals surface area (Å²) < 4.78 is 6.00. The first-order valence-corrected chi connectivity index (χ1v) is 9.59. The lowest BCUT2D eigenvalue weighted by Gasteiger charge is -2.34. The first kappa shape index (κ1) is 19.8. The molecule has 148 valence electrons. The fourth-order valence-corrected chi connectivity index (χ4v) is 4.31. The van der Waals surface area contributed by atoms with E-state index in [-0.39, 0.29) is 22.5 Å². The Labute approximate surface area is 173 Å². The fraction of sp³-hybridized carbons (Fsp3) is 0.286. The number of hydrogen-bond donors (Lipinski definition) is 3. The fourth-order valence-electron chi connectivity index (χ4n) is 4.03. The predicted octanol–water partition coefficient (Wildman–Crippen LogP) is 2.10. The average molecular weight is 412 g/mol. The van der Waals surface area contributed by atoms with Crippen molar-refractivity contribution in [3.8, 4) is 22.8 Å². The Morgan fingerprint density at radius 1 is 1.24 bits per heavy atom. The van der Waals surface area contributed by atoms with Gasteiger partial charge in [-0.1, -0.05) is 29.2 Å². The molecule has 2 heterocycles. The molecular weight excluding hydrogens is 392 g/mol. The highest BCUT2D eigenvalue weighted by Crippen LogP contribution is 2.42. The van der Waals surface area contributed by atoms with Crippen LogP contribution in [0.15, 0.2) is 39.5 Å². The van der Waals surface area contributed by atoms with Crippen molar-refractivity contribution < 1.29 is 19.7 Å². The molecule has 1 aromatic heterocycles. The van der Waals surface area contributed by atoms with Crippen molar-refractivity contribution in [1.82, 2.24) is 4.90 Å². The van der Waals surface area contributed by atoms with Crippen molar-refractivity contribution >= 4 is 35.9 Å². The second-order valence-corrected chi connectivity index (χ2v) is 7.84. The zero-order chi connectivity index (χ0) is 20.9. The van der Waals surface area contributed by atoms with E-state index in [1.165, 1.54) is 6.07 Å². The SMILES string of the molecule is [B]c1cccc(Cl)c1-c1cc(=O)c2c(O)cc(O)c([C@H]3CCN(C)C[C@H]3O)c2o1. The lowest BCUT2D eigenvalue weighted by atomic mass is 9.85. The number of halogens is 1. The third-order valence-electron chi connectivity index (χ3n) is 5.45. The zero-order valence-electron chi connectivity index (χ0n) is 15.7. The molecular formula is C21H19BClNO5. The third kappa shape index (κ3) is 3.39. The van der Waals surface area contributed by atoms with Gasteiger partial charge in [0.05, 0.1) is 11.1 Å². The van der Waals surface area contributed by atoms with E-state index >= 15 is 0 Å². The molecule has 6 nitrogen and oxygen atoms in total. The Hall–Kier alpha value is -2.48. The van der Waals surface area contributed by atoms with Gasteiger partial charge in [-0.15, -0.1) is 0 Å². The van der Waals surface area contributed by atoms with Crippen molar-refractivity contribution in [3.63, 3.8) is 0 Å². The van der Waals surface area contributed by atoms with E-state index in [1.807, 2.05) is 11.9 Å². The normalized spacial score (nSPS) is 20.2. The molecule has 0 bridgehead atoms. The molecule has 0 saturated carbocycles. The number of nitrogens with zero attached hydrogens (tertiary/aromatic N) is 1. The van der Waals surface area contributed by atoms with E-state index in [2.05, 4.69) is 0 Å². The molecule has 1 saturated heterocycles. The topological polar surface area (TPSA) is 94.1 Å². The van der Waals surface area contributed by atoms with Gasteiger partial charge in [-0.25, -0.2) is 0 Å². The lowest BCUT2D eigenvalue weighted by Crippen LogP contribution is -2.40. The highest BCUT2D eigenvalue weighted by Gasteiger charge is 2.33. The van der Waals surface area contributed by atoms with Crippen LogP contribution in [0.2, 0.25) is 5.02 Å². The van der Waals surface area contributed by atoms with Crippen LogP contribution >= 0.6 is 11.6 Å². The zero-order valence-corrected chi connectivity index (χ0v) is 16.5. The molecule has 4 rings (SSSR count). The first-order valence-electron chi connectivity index (χ1n) is 9.21. The van der Waals surface area contributed by atoms with Crippen LogP contribution in [0.25, 0.3) is 22.3 Å². The maximum atomic E-state index is 12.8. The van der Waals surface area contributed by atoms with Gasteiger partial charge < -0.3 is 24.6 Å². The number of phenolic OH excluding ortho intramolecular Hbond substituents is 2. The predicted molar refractivity (Wildman–Crippen MR) is 113 cm³/mol. The van der Waals surface area contributed by atoms with Crippen molar-refractivity contribution in [3.05, 3.63) is 51.1 Å². The number of likely N-dealkylation sites (tertiary alicyclic amines) is 1. The number of aliphatic hydroxyl groups excluding tert-OH is 1. The number of benzene rings is 2. The number of aromatic hydroxyl groups is 2. The summed E-state index contributed by atoms with van der Waals surface area (Å²) in [6.07, 6.45) is -0.223. The van der Waals surface area contributed by atoms with E-state index in [1.54, 1.807) is 18.2 Å². The summed E-state index contributed by atoms with van der Waals surface area (Å²) in [5, 5.41) is 31.7. The molecule has 0 unspecified atom stereocenters. The van der Waals surface area contributed by atoms with Gasteiger partial charge in [0.15, 0.2) is 5.43 Å². The number of likely N-dealkylation sites (N-methyl/N-ethyl adjacent to an activating group) is 1. The highest BCUT2D eigenvalue weighted by atomic mass is 35.5. The molecule has 8 heteroatoms. The summed E-state index contributed by atoms with van der Waals surface area (Å²) in [6, 6.07) is 7.26. The number of rotatable bonds is 2. The molecule has 1 fully saturated rings. The number of fused-ring (bicyclic) bond motifs is 1. The van der Waals surface area contributed by atoms with Gasteiger partial charge in [0.2, 0.25) is 0 Å². The van der Waals surface area contributed by atoms with Gasteiger partial charge >= 0.3 is 0 Å². The molecule has 3 aromatic rings. The van der Waals surface area contributed by atoms with Crippen LogP contribution in [0.5, 0.6) is 11.5 Å². The minimum atomic E-state index is -0.772. The first-order chi connectivity index (χ1) is 13.8. The van der Waals surface area contributed by atoms with Crippen molar-refractivity contribution in [2.24, 2.45) is 0 Å². The van der Waals surface area contributed by atoms with E-state index in [0.29, 0.717) is 41.1 Å². The third-order valence-corrected chi connectivity index (χ3v) is 5.76. The summed E-state index contributed by atoms with van der Waals surface area (Å²) in [6.45, 7) is 1.11. The Bertz CT molecular complexity index is 1140. The molecule has 1 aliphatic heterocycles. The van der Waals surface area contributed by atoms with E-state index in [0.717, 1.165) is 6.07 Å². The van der Waals surface area contributed by atoms with Crippen molar-refractivity contribution in [2.45, 2.75) is 18.4 Å². The average Bonchev–Trinajstić information content (AvgIpc) is 2.62. The Morgan fingerprint density at radius 2 is 2.00 bits per heavy atom. The summed E-state index contributed by atoms with van der Waals surface area (Å²) >= 11 is 6.27. The Kier molecular flexibility index (Phi) is 5.06. The number of phenols is 2. The maximum absolute atomic E-state index is 12.8. The highest BCUT2D eigenvalue weighted by molar-refractivity contribution is 6.41.